The summed E-state index contributed by atoms with van der Waals surface area (Å²) in [5, 5.41) is 11.5. The smallest absolute Gasteiger partial charge is 0.190 e. The van der Waals surface area contributed by atoms with Gasteiger partial charge in [-0.05, 0) is 69.3 Å². The van der Waals surface area contributed by atoms with Crippen molar-refractivity contribution >= 4 is 17.3 Å². The van der Waals surface area contributed by atoms with Gasteiger partial charge in [-0.2, -0.15) is 0 Å². The summed E-state index contributed by atoms with van der Waals surface area (Å²) in [6, 6.07) is 0. The Morgan fingerprint density at radius 3 is 2.62 bits per heavy atom. The standard InChI is InChI=1S/C24H34O5/c1-14(2)29-13-20(27)24(28)10-8-18-17-6-5-15-11-16(25)7-9-22(15,3)21(17)19(26)12-23(18,24)4/h11,14,17-18,21,28H,5-10,12-13H2,1-4H3/t17-,18-,21+,22-,23-,24-/m0/s1. The number of carbonyl (C=O) groups excluding carboxylic acids is 3. The third-order valence-corrected chi connectivity index (χ3v) is 8.82. The Balaban J connectivity index is 1.66. The van der Waals surface area contributed by atoms with E-state index in [9.17, 15) is 19.5 Å². The number of ketones is 3. The van der Waals surface area contributed by atoms with Crippen LogP contribution in [0.15, 0.2) is 11.6 Å². The first-order chi connectivity index (χ1) is 13.5. The predicted octanol–water partition coefficient (Wildman–Crippen LogP) is 3.42. The van der Waals surface area contributed by atoms with E-state index in [1.165, 1.54) is 0 Å². The van der Waals surface area contributed by atoms with E-state index < -0.39 is 11.0 Å². The van der Waals surface area contributed by atoms with Crippen molar-refractivity contribution in [3.05, 3.63) is 11.6 Å². The Labute approximate surface area is 173 Å². The Morgan fingerprint density at radius 2 is 1.93 bits per heavy atom. The van der Waals surface area contributed by atoms with Crippen LogP contribution in [0.4, 0.5) is 0 Å². The van der Waals surface area contributed by atoms with Crippen LogP contribution >= 0.6 is 0 Å². The fraction of sp³-hybridized carbons (Fsp3) is 0.792. The zero-order valence-corrected chi connectivity index (χ0v) is 18.1. The van der Waals surface area contributed by atoms with Crippen molar-refractivity contribution in [2.75, 3.05) is 6.61 Å². The number of aliphatic hydroxyl groups is 1. The molecule has 0 aromatic heterocycles. The van der Waals surface area contributed by atoms with Crippen LogP contribution in [0, 0.1) is 28.6 Å². The third-order valence-electron chi connectivity index (χ3n) is 8.82. The van der Waals surface area contributed by atoms with Crippen LogP contribution in [0.3, 0.4) is 0 Å². The highest BCUT2D eigenvalue weighted by molar-refractivity contribution is 5.94. The summed E-state index contributed by atoms with van der Waals surface area (Å²) in [7, 11) is 0. The summed E-state index contributed by atoms with van der Waals surface area (Å²) in [5.74, 6) is 0.272. The lowest BCUT2D eigenvalue weighted by molar-refractivity contribution is -0.172. The molecule has 0 spiro atoms. The van der Waals surface area contributed by atoms with Crippen LogP contribution < -0.4 is 0 Å². The maximum atomic E-state index is 13.5. The van der Waals surface area contributed by atoms with E-state index in [0.29, 0.717) is 12.8 Å². The molecule has 0 bridgehead atoms. The van der Waals surface area contributed by atoms with Gasteiger partial charge in [-0.3, -0.25) is 14.4 Å². The largest absolute Gasteiger partial charge is 0.381 e. The highest BCUT2D eigenvalue weighted by atomic mass is 16.5. The van der Waals surface area contributed by atoms with Crippen LogP contribution in [0.1, 0.15) is 72.6 Å². The molecule has 0 aliphatic heterocycles. The zero-order valence-electron chi connectivity index (χ0n) is 18.1. The average Bonchev–Trinajstić information content (AvgIpc) is 2.91. The first kappa shape index (κ1) is 20.9. The average molecular weight is 403 g/mol. The second-order valence-electron chi connectivity index (χ2n) is 10.6. The third kappa shape index (κ3) is 2.91. The molecular formula is C24H34O5. The van der Waals surface area contributed by atoms with E-state index >= 15 is 0 Å². The molecular weight excluding hydrogens is 368 g/mol. The van der Waals surface area contributed by atoms with Crippen molar-refractivity contribution < 1.29 is 24.2 Å². The minimum atomic E-state index is -1.49. The second kappa shape index (κ2) is 6.84. The van der Waals surface area contributed by atoms with Gasteiger partial charge in [0, 0.05) is 24.2 Å². The van der Waals surface area contributed by atoms with Gasteiger partial charge < -0.3 is 9.84 Å². The molecule has 4 aliphatic rings. The van der Waals surface area contributed by atoms with Gasteiger partial charge in [0.1, 0.15) is 18.0 Å². The number of hydrogen-bond donors (Lipinski definition) is 1. The molecule has 0 aromatic rings. The summed E-state index contributed by atoms with van der Waals surface area (Å²) in [4.78, 5) is 38.5. The summed E-state index contributed by atoms with van der Waals surface area (Å²) in [5.41, 5.74) is -1.33. The molecule has 5 heteroatoms. The van der Waals surface area contributed by atoms with Crippen LogP contribution in [0.2, 0.25) is 0 Å². The van der Waals surface area contributed by atoms with Gasteiger partial charge in [0.2, 0.25) is 0 Å². The van der Waals surface area contributed by atoms with Gasteiger partial charge in [0.05, 0.1) is 6.10 Å². The summed E-state index contributed by atoms with van der Waals surface area (Å²) in [6.07, 6.45) is 6.06. The van der Waals surface area contributed by atoms with Crippen molar-refractivity contribution in [3.63, 3.8) is 0 Å². The van der Waals surface area contributed by atoms with Crippen LogP contribution in [0.25, 0.3) is 0 Å². The van der Waals surface area contributed by atoms with Crippen molar-refractivity contribution in [3.8, 4) is 0 Å². The number of allylic oxidation sites excluding steroid dienone is 1. The zero-order chi connectivity index (χ0) is 21.2. The van der Waals surface area contributed by atoms with E-state index in [1.54, 1.807) is 6.08 Å². The fourth-order valence-electron chi connectivity index (χ4n) is 7.21. The Kier molecular flexibility index (Phi) is 4.94. The van der Waals surface area contributed by atoms with Crippen LogP contribution in [-0.4, -0.2) is 40.8 Å². The van der Waals surface area contributed by atoms with E-state index in [-0.39, 0.29) is 59.7 Å². The fourth-order valence-corrected chi connectivity index (χ4v) is 7.21. The number of fused-ring (bicyclic) bond motifs is 5. The molecule has 0 radical (unpaired) electrons. The highest BCUT2D eigenvalue weighted by Gasteiger charge is 2.68. The molecule has 4 rings (SSSR count). The lowest BCUT2D eigenvalue weighted by Crippen LogP contribution is -2.61. The molecule has 0 aromatic carbocycles. The lowest BCUT2D eigenvalue weighted by atomic mass is 9.46. The van der Waals surface area contributed by atoms with Gasteiger partial charge in [0.25, 0.3) is 0 Å². The Morgan fingerprint density at radius 1 is 1.21 bits per heavy atom. The lowest BCUT2D eigenvalue weighted by Gasteiger charge is -2.57. The minimum absolute atomic E-state index is 0.0811. The molecule has 0 unspecified atom stereocenters. The van der Waals surface area contributed by atoms with Gasteiger partial charge in [-0.1, -0.05) is 19.4 Å². The molecule has 0 heterocycles. The predicted molar refractivity (Wildman–Crippen MR) is 108 cm³/mol. The van der Waals surface area contributed by atoms with Crippen molar-refractivity contribution in [1.82, 2.24) is 0 Å². The molecule has 5 nitrogen and oxygen atoms in total. The molecule has 4 aliphatic carbocycles. The van der Waals surface area contributed by atoms with E-state index in [2.05, 4.69) is 6.92 Å². The molecule has 0 saturated heterocycles. The molecule has 3 saturated carbocycles. The van der Waals surface area contributed by atoms with Gasteiger partial charge >= 0.3 is 0 Å². The number of rotatable bonds is 4. The number of hydrogen-bond acceptors (Lipinski definition) is 5. The maximum absolute atomic E-state index is 13.5. The summed E-state index contributed by atoms with van der Waals surface area (Å²) >= 11 is 0. The Bertz CT molecular complexity index is 782. The summed E-state index contributed by atoms with van der Waals surface area (Å²) < 4.78 is 5.50. The molecule has 0 amide bonds. The first-order valence-corrected chi connectivity index (χ1v) is 11.2. The van der Waals surface area contributed by atoms with Crippen molar-refractivity contribution in [1.29, 1.82) is 0 Å². The quantitative estimate of drug-likeness (QED) is 0.779. The maximum Gasteiger partial charge on any atom is 0.190 e. The SMILES string of the molecule is CC(C)OCC(=O)[C@@]1(O)CC[C@H]2[C@@H]3CCC4=CC(=O)CC[C@]4(C)[C@H]3C(=O)C[C@@]21C. The van der Waals surface area contributed by atoms with E-state index in [0.717, 1.165) is 31.3 Å². The monoisotopic (exact) mass is 402 g/mol. The molecule has 160 valence electrons. The van der Waals surface area contributed by atoms with Crippen LogP contribution in [0.5, 0.6) is 0 Å². The van der Waals surface area contributed by atoms with Gasteiger partial charge in [0.15, 0.2) is 11.6 Å². The molecule has 1 N–H and O–H groups in total. The number of Topliss-reactive ketones (excluding diaryl/α,β-unsaturated/α-hetero) is 2. The van der Waals surface area contributed by atoms with Crippen LogP contribution in [-0.2, 0) is 19.1 Å². The Hall–Kier alpha value is -1.33. The van der Waals surface area contributed by atoms with Gasteiger partial charge in [-0.25, -0.2) is 0 Å². The summed E-state index contributed by atoms with van der Waals surface area (Å²) in [6.45, 7) is 7.74. The van der Waals surface area contributed by atoms with Gasteiger partial charge in [-0.15, -0.1) is 0 Å². The normalized spacial score (nSPS) is 44.2. The molecule has 3 fully saturated rings. The first-order valence-electron chi connectivity index (χ1n) is 11.2. The van der Waals surface area contributed by atoms with Crippen molar-refractivity contribution in [2.45, 2.75) is 84.3 Å². The number of ether oxygens (including phenoxy) is 1. The second-order valence-corrected chi connectivity index (χ2v) is 10.6. The minimum Gasteiger partial charge on any atom is -0.381 e. The van der Waals surface area contributed by atoms with Crippen molar-refractivity contribution in [2.24, 2.45) is 28.6 Å². The van der Waals surface area contributed by atoms with E-state index in [4.69, 9.17) is 4.74 Å². The number of carbonyl (C=O) groups is 3. The highest BCUT2D eigenvalue weighted by Crippen LogP contribution is 2.66. The topological polar surface area (TPSA) is 80.7 Å². The molecule has 6 atom stereocenters. The molecule has 29 heavy (non-hydrogen) atoms. The van der Waals surface area contributed by atoms with E-state index in [1.807, 2.05) is 20.8 Å².